The largest absolute Gasteiger partial charge is 0.234 e. The van der Waals surface area contributed by atoms with Gasteiger partial charge in [-0.05, 0) is 25.1 Å². The van der Waals surface area contributed by atoms with Gasteiger partial charge >= 0.3 is 0 Å². The second-order valence-electron chi connectivity index (χ2n) is 2.65. The van der Waals surface area contributed by atoms with Gasteiger partial charge in [-0.1, -0.05) is 13.8 Å². The monoisotopic (exact) mass is 192 g/mol. The number of hydrogen-bond acceptors (Lipinski definition) is 2. The average Bonchev–Trinajstić information content (AvgIpc) is 2.21. The molecular weight excluding hydrogens is 179 g/mol. The molecule has 0 atom stereocenters. The second-order valence-corrected chi connectivity index (χ2v) is 2.65. The van der Waals surface area contributed by atoms with Crippen LogP contribution in [0.1, 0.15) is 19.5 Å². The van der Waals surface area contributed by atoms with Gasteiger partial charge in [0.25, 0.3) is 0 Å². The van der Waals surface area contributed by atoms with Gasteiger partial charge in [-0.15, -0.1) is 0 Å². The number of aryl methyl sites for hydroxylation is 1. The van der Waals surface area contributed by atoms with Crippen LogP contribution in [0.4, 0.5) is 4.39 Å². The molecule has 0 saturated carbocycles. The van der Waals surface area contributed by atoms with E-state index in [-0.39, 0.29) is 5.82 Å². The van der Waals surface area contributed by atoms with Crippen molar-refractivity contribution >= 4 is 11.0 Å². The maximum absolute atomic E-state index is 12.6. The molecule has 0 fully saturated rings. The van der Waals surface area contributed by atoms with E-state index in [0.29, 0.717) is 5.65 Å². The zero-order valence-electron chi connectivity index (χ0n) is 8.58. The van der Waals surface area contributed by atoms with Crippen molar-refractivity contribution in [1.82, 2.24) is 9.97 Å². The Balaban J connectivity index is 0.000000461. The van der Waals surface area contributed by atoms with E-state index < -0.39 is 0 Å². The van der Waals surface area contributed by atoms with Crippen LogP contribution in [0.2, 0.25) is 0 Å². The van der Waals surface area contributed by atoms with Gasteiger partial charge in [0, 0.05) is 11.1 Å². The molecule has 14 heavy (non-hydrogen) atoms. The Labute approximate surface area is 82.8 Å². The topological polar surface area (TPSA) is 25.8 Å². The van der Waals surface area contributed by atoms with Crippen LogP contribution in [0, 0.1) is 12.7 Å². The van der Waals surface area contributed by atoms with Gasteiger partial charge in [-0.3, -0.25) is 0 Å². The highest BCUT2D eigenvalue weighted by Crippen LogP contribution is 2.10. The molecule has 0 N–H and O–H groups in total. The minimum absolute atomic E-state index is 0.326. The minimum Gasteiger partial charge on any atom is -0.234 e. The van der Waals surface area contributed by atoms with E-state index in [1.54, 1.807) is 0 Å². The predicted octanol–water partition coefficient (Wildman–Crippen LogP) is 3.10. The third-order valence-electron chi connectivity index (χ3n) is 1.65. The zero-order chi connectivity index (χ0) is 10.6. The van der Waals surface area contributed by atoms with Gasteiger partial charge in [-0.25, -0.2) is 14.4 Å². The van der Waals surface area contributed by atoms with E-state index >= 15 is 0 Å². The van der Waals surface area contributed by atoms with Crippen molar-refractivity contribution in [2.75, 3.05) is 0 Å². The van der Waals surface area contributed by atoms with Crippen molar-refractivity contribution in [3.8, 4) is 0 Å². The zero-order valence-corrected chi connectivity index (χ0v) is 8.58. The molecule has 2 nitrogen and oxygen atoms in total. The van der Waals surface area contributed by atoms with Gasteiger partial charge in [0.2, 0.25) is 0 Å². The van der Waals surface area contributed by atoms with Crippen molar-refractivity contribution < 1.29 is 4.39 Å². The molecule has 0 radical (unpaired) electrons. The molecule has 2 aromatic rings. The van der Waals surface area contributed by atoms with Crippen molar-refractivity contribution in [2.24, 2.45) is 0 Å². The summed E-state index contributed by atoms with van der Waals surface area (Å²) < 4.78 is 12.6. The summed E-state index contributed by atoms with van der Waals surface area (Å²) in [5, 5.41) is 0.737. The van der Waals surface area contributed by atoms with Crippen molar-refractivity contribution in [3.63, 3.8) is 0 Å². The van der Waals surface area contributed by atoms with Crippen LogP contribution < -0.4 is 0 Å². The number of pyridine rings is 2. The Morgan fingerprint density at radius 1 is 1.21 bits per heavy atom. The second kappa shape index (κ2) is 4.65. The van der Waals surface area contributed by atoms with Crippen molar-refractivity contribution in [3.05, 3.63) is 35.9 Å². The fourth-order valence-electron chi connectivity index (χ4n) is 1.08. The molecule has 0 bridgehead atoms. The lowest BCUT2D eigenvalue weighted by Crippen LogP contribution is -1.87. The Morgan fingerprint density at radius 3 is 2.64 bits per heavy atom. The highest BCUT2D eigenvalue weighted by atomic mass is 19.1. The fraction of sp³-hybridized carbons (Fsp3) is 0.273. The fourth-order valence-corrected chi connectivity index (χ4v) is 1.08. The molecule has 0 amide bonds. The quantitative estimate of drug-likeness (QED) is 0.641. The smallest absolute Gasteiger partial charge is 0.159 e. The molecule has 0 aliphatic rings. The van der Waals surface area contributed by atoms with Gasteiger partial charge in [-0.2, -0.15) is 0 Å². The highest BCUT2D eigenvalue weighted by molar-refractivity contribution is 5.74. The molecule has 3 heteroatoms. The molecule has 0 aromatic carbocycles. The maximum atomic E-state index is 12.6. The number of halogens is 1. The van der Waals surface area contributed by atoms with E-state index in [4.69, 9.17) is 0 Å². The van der Waals surface area contributed by atoms with Crippen LogP contribution in [0.3, 0.4) is 0 Å². The molecule has 74 valence electrons. The van der Waals surface area contributed by atoms with Crippen LogP contribution in [0.5, 0.6) is 0 Å². The molecule has 2 heterocycles. The maximum Gasteiger partial charge on any atom is 0.159 e. The number of aromatic nitrogens is 2. The Bertz CT molecular complexity index is 385. The molecule has 0 saturated heterocycles. The van der Waals surface area contributed by atoms with E-state index in [2.05, 4.69) is 9.97 Å². The molecule has 0 unspecified atom stereocenters. The van der Waals surface area contributed by atoms with Crippen LogP contribution in [-0.2, 0) is 0 Å². The first kappa shape index (κ1) is 10.6. The number of hydrogen-bond donors (Lipinski definition) is 0. The summed E-state index contributed by atoms with van der Waals surface area (Å²) in [5.41, 5.74) is 1.48. The minimum atomic E-state index is -0.326. The number of fused-ring (bicyclic) bond motifs is 1. The Kier molecular flexibility index (Phi) is 3.51. The standard InChI is InChI=1S/C9H7FN2.C2H6/c1-6-2-3-7-4-8(10)5-11-9(7)12-6;1-2/h2-5H,1H3;1-2H3. The van der Waals surface area contributed by atoms with Crippen molar-refractivity contribution in [1.29, 1.82) is 0 Å². The third kappa shape index (κ3) is 2.25. The van der Waals surface area contributed by atoms with Crippen LogP contribution >= 0.6 is 0 Å². The van der Waals surface area contributed by atoms with E-state index in [1.807, 2.05) is 32.9 Å². The van der Waals surface area contributed by atoms with Gasteiger partial charge in [0.15, 0.2) is 5.65 Å². The first-order valence-electron chi connectivity index (χ1n) is 4.64. The normalized spacial score (nSPS) is 9.43. The van der Waals surface area contributed by atoms with Crippen molar-refractivity contribution in [2.45, 2.75) is 20.8 Å². The molecule has 0 spiro atoms. The summed E-state index contributed by atoms with van der Waals surface area (Å²) >= 11 is 0. The summed E-state index contributed by atoms with van der Waals surface area (Å²) in [7, 11) is 0. The van der Waals surface area contributed by atoms with Gasteiger partial charge < -0.3 is 0 Å². The molecule has 2 rings (SSSR count). The molecule has 0 aliphatic carbocycles. The van der Waals surface area contributed by atoms with E-state index in [0.717, 1.165) is 11.1 Å². The number of rotatable bonds is 0. The Morgan fingerprint density at radius 2 is 1.93 bits per heavy atom. The van der Waals surface area contributed by atoms with Gasteiger partial charge in [0.1, 0.15) is 5.82 Å². The summed E-state index contributed by atoms with van der Waals surface area (Å²) in [6.07, 6.45) is 1.18. The molecular formula is C11H13FN2. The summed E-state index contributed by atoms with van der Waals surface area (Å²) in [4.78, 5) is 7.99. The lowest BCUT2D eigenvalue weighted by Gasteiger charge is -1.96. The first-order chi connectivity index (χ1) is 6.75. The van der Waals surface area contributed by atoms with E-state index in [9.17, 15) is 4.39 Å². The van der Waals surface area contributed by atoms with E-state index in [1.165, 1.54) is 12.3 Å². The lowest BCUT2D eigenvalue weighted by molar-refractivity contribution is 0.624. The van der Waals surface area contributed by atoms with Crippen LogP contribution in [0.25, 0.3) is 11.0 Å². The first-order valence-corrected chi connectivity index (χ1v) is 4.64. The average molecular weight is 192 g/mol. The Hall–Kier alpha value is -1.51. The summed E-state index contributed by atoms with van der Waals surface area (Å²) in [5.74, 6) is -0.326. The summed E-state index contributed by atoms with van der Waals surface area (Å²) in [6, 6.07) is 5.08. The van der Waals surface area contributed by atoms with Crippen LogP contribution in [-0.4, -0.2) is 9.97 Å². The summed E-state index contributed by atoms with van der Waals surface area (Å²) in [6.45, 7) is 5.88. The van der Waals surface area contributed by atoms with Crippen LogP contribution in [0.15, 0.2) is 24.4 Å². The predicted molar refractivity (Wildman–Crippen MR) is 55.6 cm³/mol. The molecule has 0 aliphatic heterocycles. The lowest BCUT2D eigenvalue weighted by atomic mass is 10.2. The third-order valence-corrected chi connectivity index (χ3v) is 1.65. The molecule has 2 aromatic heterocycles. The van der Waals surface area contributed by atoms with Gasteiger partial charge in [0.05, 0.1) is 6.20 Å². The SMILES string of the molecule is CC.Cc1ccc2cc(F)cnc2n1. The highest BCUT2D eigenvalue weighted by Gasteiger charge is 1.97. The number of nitrogens with zero attached hydrogens (tertiary/aromatic N) is 2.